The molecule has 8 heteroatoms. The Hall–Kier alpha value is -2.97. The predicted octanol–water partition coefficient (Wildman–Crippen LogP) is 4.17. The summed E-state index contributed by atoms with van der Waals surface area (Å²) in [5.41, 5.74) is 9.11. The molecule has 0 aliphatic heterocycles. The van der Waals surface area contributed by atoms with Crippen LogP contribution >= 0.6 is 11.8 Å². The summed E-state index contributed by atoms with van der Waals surface area (Å²) in [6.07, 6.45) is -0.566. The van der Waals surface area contributed by atoms with Gasteiger partial charge in [0.2, 0.25) is 5.95 Å². The molecule has 1 amide bonds. The minimum Gasteiger partial charge on any atom is -0.453 e. The first-order valence-corrected chi connectivity index (χ1v) is 9.10. The van der Waals surface area contributed by atoms with Gasteiger partial charge in [-0.15, -0.1) is 0 Å². The summed E-state index contributed by atoms with van der Waals surface area (Å²) < 4.78 is 4.57. The Bertz CT molecular complexity index is 966. The number of H-pyrrole nitrogens is 1. The van der Waals surface area contributed by atoms with E-state index < -0.39 is 6.09 Å². The summed E-state index contributed by atoms with van der Waals surface area (Å²) in [5, 5.41) is 5.72. The van der Waals surface area contributed by atoms with Crippen molar-refractivity contribution in [2.75, 3.05) is 17.7 Å². The van der Waals surface area contributed by atoms with Crippen molar-refractivity contribution in [3.8, 4) is 0 Å². The summed E-state index contributed by atoms with van der Waals surface area (Å²) in [6, 6.07) is 13.8. The number of amides is 1. The van der Waals surface area contributed by atoms with E-state index in [-0.39, 0.29) is 6.04 Å². The quantitative estimate of drug-likeness (QED) is 0.509. The van der Waals surface area contributed by atoms with Gasteiger partial charge in [-0.05, 0) is 49.4 Å². The molecule has 0 bridgehead atoms. The highest BCUT2D eigenvalue weighted by molar-refractivity contribution is 7.99. The Morgan fingerprint density at radius 1 is 1.22 bits per heavy atom. The summed E-state index contributed by atoms with van der Waals surface area (Å²) in [7, 11) is 1.31. The predicted molar refractivity (Wildman–Crippen MR) is 109 cm³/mol. The molecule has 3 aromatic rings. The van der Waals surface area contributed by atoms with Gasteiger partial charge in [-0.1, -0.05) is 18.3 Å². The van der Waals surface area contributed by atoms with E-state index in [1.165, 1.54) is 7.11 Å². The van der Waals surface area contributed by atoms with Crippen LogP contribution < -0.4 is 16.4 Å². The Balaban J connectivity index is 1.70. The number of nitrogens with one attached hydrogen (secondary N) is 3. The number of benzene rings is 2. The zero-order chi connectivity index (χ0) is 19.4. The molecule has 0 saturated heterocycles. The van der Waals surface area contributed by atoms with Crippen molar-refractivity contribution in [2.45, 2.75) is 22.8 Å². The molecule has 2 aromatic carbocycles. The summed E-state index contributed by atoms with van der Waals surface area (Å²) in [4.78, 5) is 20.8. The van der Waals surface area contributed by atoms with Crippen molar-refractivity contribution >= 4 is 40.5 Å². The summed E-state index contributed by atoms with van der Waals surface area (Å²) >= 11 is 1.63. The Labute approximate surface area is 161 Å². The number of aromatic amines is 1. The first-order chi connectivity index (χ1) is 12.9. The molecule has 0 radical (unpaired) electrons. The van der Waals surface area contributed by atoms with Gasteiger partial charge < -0.3 is 20.8 Å². The number of nitrogens with zero attached hydrogens (tertiary/aromatic N) is 1. The average Bonchev–Trinajstić information content (AvgIpc) is 3.04. The van der Waals surface area contributed by atoms with Crippen LogP contribution in [-0.4, -0.2) is 29.2 Å². The third kappa shape index (κ3) is 4.81. The second-order valence-electron chi connectivity index (χ2n) is 5.95. The molecule has 3 rings (SSSR count). The van der Waals surface area contributed by atoms with Gasteiger partial charge in [-0.3, -0.25) is 5.32 Å². The maximum Gasteiger partial charge on any atom is 0.413 e. The van der Waals surface area contributed by atoms with Gasteiger partial charge in [0.15, 0.2) is 0 Å². The van der Waals surface area contributed by atoms with Gasteiger partial charge in [-0.2, -0.15) is 0 Å². The van der Waals surface area contributed by atoms with E-state index in [4.69, 9.17) is 5.73 Å². The smallest absolute Gasteiger partial charge is 0.413 e. The van der Waals surface area contributed by atoms with E-state index >= 15 is 0 Å². The number of carbonyl (C=O) groups is 1. The molecule has 0 spiro atoms. The number of methoxy groups -OCH3 is 1. The molecule has 0 aliphatic rings. The molecule has 1 heterocycles. The lowest BCUT2D eigenvalue weighted by Crippen LogP contribution is -2.22. The molecular formula is C19H21N5O2S. The fraction of sp³-hybridized carbons (Fsp3) is 0.158. The summed E-state index contributed by atoms with van der Waals surface area (Å²) in [5.74, 6) is 0.351. The molecular weight excluding hydrogens is 362 g/mol. The minimum absolute atomic E-state index is 0.112. The molecule has 7 nitrogen and oxygen atoms in total. The Morgan fingerprint density at radius 3 is 2.59 bits per heavy atom. The molecule has 0 fully saturated rings. The zero-order valence-corrected chi connectivity index (χ0v) is 15.9. The number of hydrogen-bond acceptors (Lipinski definition) is 6. The Morgan fingerprint density at radius 2 is 1.93 bits per heavy atom. The number of nitrogens with two attached hydrogens (primary N) is 1. The van der Waals surface area contributed by atoms with Crippen LogP contribution in [0.4, 0.5) is 16.4 Å². The number of carbonyl (C=O) groups excluding carboxylic acids is 1. The average molecular weight is 383 g/mol. The molecule has 5 N–H and O–H groups in total. The first-order valence-electron chi connectivity index (χ1n) is 8.28. The Kier molecular flexibility index (Phi) is 5.68. The number of imidazole rings is 1. The molecule has 0 aliphatic carbocycles. The van der Waals surface area contributed by atoms with Crippen molar-refractivity contribution in [1.82, 2.24) is 9.97 Å². The van der Waals surface area contributed by atoms with Crippen molar-refractivity contribution in [1.29, 1.82) is 0 Å². The van der Waals surface area contributed by atoms with Crippen LogP contribution in [0.3, 0.4) is 0 Å². The largest absolute Gasteiger partial charge is 0.453 e. The fourth-order valence-electron chi connectivity index (χ4n) is 2.30. The van der Waals surface area contributed by atoms with Crippen LogP contribution in [0, 0.1) is 0 Å². The monoisotopic (exact) mass is 383 g/mol. The van der Waals surface area contributed by atoms with Gasteiger partial charge in [-0.25, -0.2) is 9.78 Å². The highest BCUT2D eigenvalue weighted by Gasteiger charge is 2.08. The summed E-state index contributed by atoms with van der Waals surface area (Å²) in [6.45, 7) is 5.80. The van der Waals surface area contributed by atoms with Gasteiger partial charge in [0, 0.05) is 27.2 Å². The molecule has 0 saturated carbocycles. The fourth-order valence-corrected chi connectivity index (χ4v) is 3.16. The molecule has 1 atom stereocenters. The van der Waals surface area contributed by atoms with Crippen LogP contribution in [0.1, 0.15) is 6.92 Å². The molecule has 1 unspecified atom stereocenters. The van der Waals surface area contributed by atoms with Gasteiger partial charge in [0.1, 0.15) is 0 Å². The zero-order valence-electron chi connectivity index (χ0n) is 15.1. The van der Waals surface area contributed by atoms with E-state index in [1.54, 1.807) is 11.8 Å². The van der Waals surface area contributed by atoms with Crippen molar-refractivity contribution in [3.63, 3.8) is 0 Å². The van der Waals surface area contributed by atoms with Crippen LogP contribution in [0.25, 0.3) is 11.0 Å². The lowest BCUT2D eigenvalue weighted by atomic mass is 10.2. The SMILES string of the molecule is C=C(Nc1ccc(Sc2ccc3nc(NC(=O)OC)[nH]c3c2)cc1)C(C)N. The van der Waals surface area contributed by atoms with Crippen LogP contribution in [0.15, 0.2) is 64.5 Å². The number of ether oxygens (including phenoxy) is 1. The second-order valence-corrected chi connectivity index (χ2v) is 7.09. The number of anilines is 2. The highest BCUT2D eigenvalue weighted by atomic mass is 32.2. The maximum atomic E-state index is 11.3. The third-order valence-corrected chi connectivity index (χ3v) is 4.80. The standard InChI is InChI=1S/C19H21N5O2S/c1-11(20)12(2)21-13-4-6-14(7-5-13)27-15-8-9-16-17(10-15)23-18(22-16)24-19(25)26-3/h4-11,21H,2,20H2,1,3H3,(H2,22,23,24,25). The second kappa shape index (κ2) is 8.15. The van der Waals surface area contributed by atoms with Gasteiger partial charge in [0.25, 0.3) is 0 Å². The number of aromatic nitrogens is 2. The van der Waals surface area contributed by atoms with Crippen LogP contribution in [0.5, 0.6) is 0 Å². The van der Waals surface area contributed by atoms with E-state index in [0.29, 0.717) is 5.95 Å². The van der Waals surface area contributed by atoms with E-state index in [9.17, 15) is 4.79 Å². The van der Waals surface area contributed by atoms with Gasteiger partial charge >= 0.3 is 6.09 Å². The minimum atomic E-state index is -0.566. The van der Waals surface area contributed by atoms with Crippen LogP contribution in [-0.2, 0) is 4.74 Å². The third-order valence-electron chi connectivity index (χ3n) is 3.80. The number of hydrogen-bond donors (Lipinski definition) is 4. The lowest BCUT2D eigenvalue weighted by Gasteiger charge is -2.13. The molecule has 140 valence electrons. The maximum absolute atomic E-state index is 11.3. The highest BCUT2D eigenvalue weighted by Crippen LogP contribution is 2.31. The first kappa shape index (κ1) is 18.8. The van der Waals surface area contributed by atoms with Crippen molar-refractivity contribution < 1.29 is 9.53 Å². The van der Waals surface area contributed by atoms with Gasteiger partial charge in [0.05, 0.1) is 18.1 Å². The molecule has 1 aromatic heterocycles. The van der Waals surface area contributed by atoms with Crippen molar-refractivity contribution in [2.24, 2.45) is 5.73 Å². The normalized spacial score (nSPS) is 11.8. The molecule has 27 heavy (non-hydrogen) atoms. The van der Waals surface area contributed by atoms with E-state index in [0.717, 1.165) is 32.2 Å². The van der Waals surface area contributed by atoms with E-state index in [1.807, 2.05) is 49.4 Å². The van der Waals surface area contributed by atoms with E-state index in [2.05, 4.69) is 31.9 Å². The van der Waals surface area contributed by atoms with Crippen molar-refractivity contribution in [3.05, 3.63) is 54.7 Å². The van der Waals surface area contributed by atoms with Crippen LogP contribution in [0.2, 0.25) is 0 Å². The lowest BCUT2D eigenvalue weighted by molar-refractivity contribution is 0.186. The number of fused-ring (bicyclic) bond motifs is 1. The topological polar surface area (TPSA) is 105 Å². The number of rotatable bonds is 6.